The number of amides is 3. The number of rotatable bonds is 5. The predicted octanol–water partition coefficient (Wildman–Crippen LogP) is 0.259. The summed E-state index contributed by atoms with van der Waals surface area (Å²) in [5.41, 5.74) is 2.52. The van der Waals surface area contributed by atoms with E-state index in [0.717, 1.165) is 49.1 Å². The van der Waals surface area contributed by atoms with Crippen LogP contribution in [0.25, 0.3) is 0 Å². The topological polar surface area (TPSA) is 120 Å². The average Bonchev–Trinajstić information content (AvgIpc) is 3.14. The molecule has 2 fully saturated rings. The minimum Gasteiger partial charge on any atom is -0.366 e. The highest BCUT2D eigenvalue weighted by molar-refractivity contribution is 6.05. The van der Waals surface area contributed by atoms with E-state index in [-0.39, 0.29) is 18.2 Å². The molecular formula is C22H25N7O3. The van der Waals surface area contributed by atoms with Crippen LogP contribution < -0.4 is 20.9 Å². The predicted molar refractivity (Wildman–Crippen MR) is 117 cm³/mol. The van der Waals surface area contributed by atoms with Crippen LogP contribution in [-0.4, -0.2) is 64.8 Å². The van der Waals surface area contributed by atoms with Crippen LogP contribution in [0.1, 0.15) is 34.3 Å². The van der Waals surface area contributed by atoms with Gasteiger partial charge in [-0.3, -0.25) is 19.7 Å². The van der Waals surface area contributed by atoms with Gasteiger partial charge in [0, 0.05) is 57.4 Å². The van der Waals surface area contributed by atoms with Gasteiger partial charge in [-0.15, -0.1) is 0 Å². The molecule has 1 aromatic heterocycles. The highest BCUT2D eigenvalue weighted by Gasteiger charge is 2.39. The van der Waals surface area contributed by atoms with Gasteiger partial charge in [-0.25, -0.2) is 4.98 Å². The third-order valence-corrected chi connectivity index (χ3v) is 6.10. The lowest BCUT2D eigenvalue weighted by Crippen LogP contribution is -2.52. The molecule has 32 heavy (non-hydrogen) atoms. The lowest BCUT2D eigenvalue weighted by Gasteiger charge is -2.29. The summed E-state index contributed by atoms with van der Waals surface area (Å²) in [7, 11) is 0. The Labute approximate surface area is 185 Å². The molecular weight excluding hydrogens is 410 g/mol. The lowest BCUT2D eigenvalue weighted by atomic mass is 10.0. The Morgan fingerprint density at radius 1 is 1.12 bits per heavy atom. The van der Waals surface area contributed by atoms with E-state index in [4.69, 9.17) is 0 Å². The zero-order valence-corrected chi connectivity index (χ0v) is 17.6. The average molecular weight is 435 g/mol. The number of carbonyl (C=O) groups is 3. The molecule has 0 bridgehead atoms. The quantitative estimate of drug-likeness (QED) is 0.572. The van der Waals surface area contributed by atoms with Gasteiger partial charge >= 0.3 is 0 Å². The molecule has 0 saturated carbocycles. The first kappa shape index (κ1) is 20.4. The number of benzene rings is 1. The molecule has 5 rings (SSSR count). The van der Waals surface area contributed by atoms with Gasteiger partial charge in [-0.2, -0.15) is 4.98 Å². The van der Waals surface area contributed by atoms with Crippen molar-refractivity contribution in [2.24, 2.45) is 0 Å². The number of imide groups is 1. The standard InChI is InChI=1S/C22H25N7O3/c30-19-4-3-17(20(31)27-19)29-13-15-11-14(1-2-16(15)21(29)32)12-25-18-5-6-24-22(26-18)28-9-7-23-8-10-28/h1-2,5-6,11,17,23H,3-4,7-10,12-13H2,(H,24,25,26)(H,27,30,31). The van der Waals surface area contributed by atoms with Gasteiger partial charge < -0.3 is 20.4 Å². The molecule has 1 aromatic carbocycles. The third kappa shape index (κ3) is 4.01. The Bertz CT molecular complexity index is 1070. The molecule has 3 aliphatic heterocycles. The summed E-state index contributed by atoms with van der Waals surface area (Å²) in [5.74, 6) is 0.624. The molecule has 0 aliphatic carbocycles. The molecule has 10 heteroatoms. The summed E-state index contributed by atoms with van der Waals surface area (Å²) in [6.07, 6.45) is 2.37. The van der Waals surface area contributed by atoms with Crippen LogP contribution in [0.5, 0.6) is 0 Å². The fourth-order valence-corrected chi connectivity index (χ4v) is 4.39. The summed E-state index contributed by atoms with van der Waals surface area (Å²) in [4.78, 5) is 49.2. The minimum absolute atomic E-state index is 0.162. The smallest absolute Gasteiger partial charge is 0.255 e. The van der Waals surface area contributed by atoms with Crippen molar-refractivity contribution in [1.82, 2.24) is 25.5 Å². The van der Waals surface area contributed by atoms with E-state index >= 15 is 0 Å². The highest BCUT2D eigenvalue weighted by atomic mass is 16.2. The Morgan fingerprint density at radius 3 is 2.78 bits per heavy atom. The van der Waals surface area contributed by atoms with E-state index in [0.29, 0.717) is 25.1 Å². The number of nitrogens with one attached hydrogen (secondary N) is 3. The lowest BCUT2D eigenvalue weighted by molar-refractivity contribution is -0.136. The molecule has 0 radical (unpaired) electrons. The molecule has 3 amide bonds. The second kappa shape index (κ2) is 8.54. The number of aromatic nitrogens is 2. The number of piperazine rings is 1. The Hall–Kier alpha value is -3.53. The number of hydrogen-bond donors (Lipinski definition) is 3. The van der Waals surface area contributed by atoms with Gasteiger partial charge in [0.05, 0.1) is 0 Å². The fourth-order valence-electron chi connectivity index (χ4n) is 4.39. The molecule has 3 N–H and O–H groups in total. The van der Waals surface area contributed by atoms with E-state index in [1.807, 2.05) is 24.3 Å². The van der Waals surface area contributed by atoms with E-state index < -0.39 is 11.9 Å². The van der Waals surface area contributed by atoms with Gasteiger partial charge in [-0.05, 0) is 29.7 Å². The Balaban J connectivity index is 1.25. The van der Waals surface area contributed by atoms with Gasteiger partial charge in [0.25, 0.3) is 5.91 Å². The van der Waals surface area contributed by atoms with Crippen LogP contribution in [0.15, 0.2) is 30.5 Å². The first-order chi connectivity index (χ1) is 15.6. The Morgan fingerprint density at radius 2 is 1.97 bits per heavy atom. The SMILES string of the molecule is O=C1CCC(N2Cc3cc(CNc4ccnc(N5CCNCC5)n4)ccc3C2=O)C(=O)N1. The van der Waals surface area contributed by atoms with E-state index in [9.17, 15) is 14.4 Å². The van der Waals surface area contributed by atoms with Crippen molar-refractivity contribution in [1.29, 1.82) is 0 Å². The van der Waals surface area contributed by atoms with Crippen LogP contribution in [0.3, 0.4) is 0 Å². The maximum absolute atomic E-state index is 12.8. The number of hydrogen-bond acceptors (Lipinski definition) is 8. The molecule has 4 heterocycles. The second-order valence-electron chi connectivity index (χ2n) is 8.22. The maximum atomic E-state index is 12.8. The van der Waals surface area contributed by atoms with E-state index in [2.05, 4.69) is 30.8 Å². The van der Waals surface area contributed by atoms with E-state index in [1.54, 1.807) is 11.1 Å². The molecule has 1 unspecified atom stereocenters. The van der Waals surface area contributed by atoms with Crippen molar-refractivity contribution < 1.29 is 14.4 Å². The molecule has 10 nitrogen and oxygen atoms in total. The Kier molecular flexibility index (Phi) is 5.44. The zero-order valence-electron chi connectivity index (χ0n) is 17.6. The van der Waals surface area contributed by atoms with Gasteiger partial charge in [-0.1, -0.05) is 12.1 Å². The number of nitrogens with zero attached hydrogens (tertiary/aromatic N) is 4. The first-order valence-electron chi connectivity index (χ1n) is 10.9. The molecule has 0 spiro atoms. The molecule has 166 valence electrons. The zero-order chi connectivity index (χ0) is 22.1. The van der Waals surface area contributed by atoms with Crippen molar-refractivity contribution in [3.8, 4) is 0 Å². The normalized spacial score (nSPS) is 20.9. The van der Waals surface area contributed by atoms with Crippen LogP contribution in [-0.2, 0) is 22.7 Å². The monoisotopic (exact) mass is 435 g/mol. The van der Waals surface area contributed by atoms with Crippen molar-refractivity contribution in [2.75, 3.05) is 36.4 Å². The minimum atomic E-state index is -0.599. The summed E-state index contributed by atoms with van der Waals surface area (Å²) in [5, 5.41) is 8.99. The maximum Gasteiger partial charge on any atom is 0.255 e. The van der Waals surface area contributed by atoms with Crippen molar-refractivity contribution in [3.63, 3.8) is 0 Å². The van der Waals surface area contributed by atoms with Crippen LogP contribution in [0.2, 0.25) is 0 Å². The van der Waals surface area contributed by atoms with Crippen molar-refractivity contribution in [3.05, 3.63) is 47.2 Å². The van der Waals surface area contributed by atoms with Crippen molar-refractivity contribution in [2.45, 2.75) is 32.0 Å². The molecule has 3 aliphatic rings. The summed E-state index contributed by atoms with van der Waals surface area (Å²) in [6.45, 7) is 4.53. The third-order valence-electron chi connectivity index (χ3n) is 6.10. The fraction of sp³-hybridized carbons (Fsp3) is 0.409. The van der Waals surface area contributed by atoms with Gasteiger partial charge in [0.2, 0.25) is 17.8 Å². The largest absolute Gasteiger partial charge is 0.366 e. The van der Waals surface area contributed by atoms with Crippen LogP contribution in [0, 0.1) is 0 Å². The number of anilines is 2. The summed E-state index contributed by atoms with van der Waals surface area (Å²) in [6, 6.07) is 6.96. The van der Waals surface area contributed by atoms with Gasteiger partial charge in [0.1, 0.15) is 11.9 Å². The van der Waals surface area contributed by atoms with Crippen LogP contribution >= 0.6 is 0 Å². The van der Waals surface area contributed by atoms with Crippen molar-refractivity contribution >= 4 is 29.5 Å². The van der Waals surface area contributed by atoms with Crippen LogP contribution in [0.4, 0.5) is 11.8 Å². The summed E-state index contributed by atoms with van der Waals surface area (Å²) < 4.78 is 0. The molecule has 1 atom stereocenters. The van der Waals surface area contributed by atoms with E-state index in [1.165, 1.54) is 0 Å². The number of fused-ring (bicyclic) bond motifs is 1. The molecule has 2 saturated heterocycles. The molecule has 2 aromatic rings. The highest BCUT2D eigenvalue weighted by Crippen LogP contribution is 2.28. The first-order valence-corrected chi connectivity index (χ1v) is 10.9. The number of piperidine rings is 1. The number of carbonyl (C=O) groups excluding carboxylic acids is 3. The summed E-state index contributed by atoms with van der Waals surface area (Å²) >= 11 is 0. The van der Waals surface area contributed by atoms with Gasteiger partial charge in [0.15, 0.2) is 0 Å². The second-order valence-corrected chi connectivity index (χ2v) is 8.22.